The Kier molecular flexibility index (Phi) is 6.01. The van der Waals surface area contributed by atoms with Gasteiger partial charge in [-0.3, -0.25) is 9.69 Å². The van der Waals surface area contributed by atoms with Crippen LogP contribution in [-0.2, 0) is 0 Å². The first-order valence-corrected chi connectivity index (χ1v) is 10.1. The molecule has 4 heteroatoms. The largest absolute Gasteiger partial charge is 0.369 e. The highest BCUT2D eigenvalue weighted by atomic mass is 19.1. The highest BCUT2D eigenvalue weighted by Crippen LogP contribution is 2.28. The average molecular weight is 388 g/mol. The van der Waals surface area contributed by atoms with E-state index in [-0.39, 0.29) is 17.6 Å². The van der Waals surface area contributed by atoms with Gasteiger partial charge < -0.3 is 4.90 Å². The molecule has 3 aromatic rings. The Bertz CT molecular complexity index is 920. The summed E-state index contributed by atoms with van der Waals surface area (Å²) in [5.74, 6) is -0.0450. The van der Waals surface area contributed by atoms with E-state index in [2.05, 4.69) is 21.9 Å². The summed E-state index contributed by atoms with van der Waals surface area (Å²) in [6, 6.07) is 26.5. The fraction of sp³-hybridized carbons (Fsp3) is 0.240. The number of benzene rings is 3. The van der Waals surface area contributed by atoms with Crippen molar-refractivity contribution in [3.05, 3.63) is 102 Å². The highest BCUT2D eigenvalue weighted by molar-refractivity contribution is 5.96. The SMILES string of the molecule is O=C(C[C@H](c1ccccc1)N1CCN(c2ccc(F)cc2)CC1)c1ccccc1. The first-order chi connectivity index (χ1) is 14.2. The molecule has 1 atom stereocenters. The Morgan fingerprint density at radius 1 is 0.793 bits per heavy atom. The second kappa shape index (κ2) is 9.01. The van der Waals surface area contributed by atoms with E-state index in [1.165, 1.54) is 17.7 Å². The minimum Gasteiger partial charge on any atom is -0.369 e. The number of halogens is 1. The average Bonchev–Trinajstić information content (AvgIpc) is 2.79. The van der Waals surface area contributed by atoms with E-state index in [0.717, 1.165) is 37.4 Å². The lowest BCUT2D eigenvalue weighted by Gasteiger charge is -2.40. The molecular weight excluding hydrogens is 363 g/mol. The second-order valence-corrected chi connectivity index (χ2v) is 7.42. The van der Waals surface area contributed by atoms with Crippen LogP contribution in [0.25, 0.3) is 0 Å². The summed E-state index contributed by atoms with van der Waals surface area (Å²) in [5, 5.41) is 0. The van der Waals surface area contributed by atoms with Gasteiger partial charge >= 0.3 is 0 Å². The fourth-order valence-electron chi connectivity index (χ4n) is 3.99. The maximum absolute atomic E-state index is 13.2. The molecule has 0 amide bonds. The molecule has 0 saturated carbocycles. The maximum Gasteiger partial charge on any atom is 0.164 e. The summed E-state index contributed by atoms with van der Waals surface area (Å²) in [6.45, 7) is 3.43. The van der Waals surface area contributed by atoms with Gasteiger partial charge in [0.15, 0.2) is 5.78 Å². The molecule has 1 heterocycles. The summed E-state index contributed by atoms with van der Waals surface area (Å²) < 4.78 is 13.2. The molecule has 0 unspecified atom stereocenters. The van der Waals surface area contributed by atoms with Crippen molar-refractivity contribution >= 4 is 11.5 Å². The van der Waals surface area contributed by atoms with Crippen molar-refractivity contribution in [1.29, 1.82) is 0 Å². The van der Waals surface area contributed by atoms with Gasteiger partial charge in [-0.25, -0.2) is 4.39 Å². The van der Waals surface area contributed by atoms with E-state index in [1.807, 2.05) is 60.7 Å². The van der Waals surface area contributed by atoms with Crippen LogP contribution in [0.15, 0.2) is 84.9 Å². The van der Waals surface area contributed by atoms with Gasteiger partial charge in [0.05, 0.1) is 0 Å². The lowest BCUT2D eigenvalue weighted by atomic mass is 9.96. The zero-order chi connectivity index (χ0) is 20.1. The van der Waals surface area contributed by atoms with E-state index in [1.54, 1.807) is 0 Å². The zero-order valence-electron chi connectivity index (χ0n) is 16.4. The molecular formula is C25H25FN2O. The number of carbonyl (C=O) groups is 1. The van der Waals surface area contributed by atoms with Gasteiger partial charge in [0.2, 0.25) is 0 Å². The summed E-state index contributed by atoms with van der Waals surface area (Å²) >= 11 is 0. The van der Waals surface area contributed by atoms with Crippen molar-refractivity contribution in [1.82, 2.24) is 4.90 Å². The minimum atomic E-state index is -0.212. The van der Waals surface area contributed by atoms with Gasteiger partial charge in [-0.05, 0) is 29.8 Å². The quantitative estimate of drug-likeness (QED) is 0.558. The van der Waals surface area contributed by atoms with E-state index < -0.39 is 0 Å². The molecule has 0 radical (unpaired) electrons. The zero-order valence-corrected chi connectivity index (χ0v) is 16.4. The second-order valence-electron chi connectivity index (χ2n) is 7.42. The van der Waals surface area contributed by atoms with Crippen molar-refractivity contribution < 1.29 is 9.18 Å². The van der Waals surface area contributed by atoms with Gasteiger partial charge in [-0.15, -0.1) is 0 Å². The number of piperazine rings is 1. The maximum atomic E-state index is 13.2. The van der Waals surface area contributed by atoms with Crippen molar-refractivity contribution in [3.63, 3.8) is 0 Å². The molecule has 4 rings (SSSR count). The summed E-state index contributed by atoms with van der Waals surface area (Å²) in [5.41, 5.74) is 2.98. The Morgan fingerprint density at radius 2 is 1.38 bits per heavy atom. The topological polar surface area (TPSA) is 23.6 Å². The van der Waals surface area contributed by atoms with Crippen molar-refractivity contribution in [2.75, 3.05) is 31.1 Å². The molecule has 1 saturated heterocycles. The van der Waals surface area contributed by atoms with Crippen molar-refractivity contribution in [3.8, 4) is 0 Å². The number of nitrogens with zero attached hydrogens (tertiary/aromatic N) is 2. The van der Waals surface area contributed by atoms with Gasteiger partial charge in [0.1, 0.15) is 5.82 Å². The third kappa shape index (κ3) is 4.72. The van der Waals surface area contributed by atoms with Crippen LogP contribution in [0.1, 0.15) is 28.4 Å². The van der Waals surface area contributed by atoms with Crippen LogP contribution in [-0.4, -0.2) is 36.9 Å². The predicted molar refractivity (Wildman–Crippen MR) is 115 cm³/mol. The molecule has 29 heavy (non-hydrogen) atoms. The smallest absolute Gasteiger partial charge is 0.164 e. The fourth-order valence-corrected chi connectivity index (χ4v) is 3.99. The molecule has 3 aromatic carbocycles. The van der Waals surface area contributed by atoms with Crippen LogP contribution in [0.3, 0.4) is 0 Å². The van der Waals surface area contributed by atoms with E-state index in [0.29, 0.717) is 6.42 Å². The lowest BCUT2D eigenvalue weighted by molar-refractivity contribution is 0.0910. The number of ketones is 1. The number of Topliss-reactive ketones (excluding diaryl/α,β-unsaturated/α-hetero) is 1. The van der Waals surface area contributed by atoms with Crippen LogP contribution >= 0.6 is 0 Å². The molecule has 0 bridgehead atoms. The van der Waals surface area contributed by atoms with E-state index >= 15 is 0 Å². The Balaban J connectivity index is 1.48. The minimum absolute atomic E-state index is 0.0549. The van der Waals surface area contributed by atoms with Crippen LogP contribution in [0.5, 0.6) is 0 Å². The molecule has 1 aliphatic rings. The first kappa shape index (κ1) is 19.3. The van der Waals surface area contributed by atoms with Gasteiger partial charge in [-0.1, -0.05) is 60.7 Å². The molecule has 3 nitrogen and oxygen atoms in total. The third-order valence-corrected chi connectivity index (χ3v) is 5.61. The molecule has 0 aromatic heterocycles. The molecule has 1 fully saturated rings. The number of rotatable bonds is 6. The lowest BCUT2D eigenvalue weighted by Crippen LogP contribution is -2.48. The van der Waals surface area contributed by atoms with Crippen LogP contribution < -0.4 is 4.90 Å². The number of anilines is 1. The Labute approximate surface area is 171 Å². The number of carbonyl (C=O) groups excluding carboxylic acids is 1. The molecule has 0 aliphatic carbocycles. The number of hydrogen-bond acceptors (Lipinski definition) is 3. The predicted octanol–water partition coefficient (Wildman–Crippen LogP) is 4.96. The molecule has 0 N–H and O–H groups in total. The highest BCUT2D eigenvalue weighted by Gasteiger charge is 2.27. The molecule has 148 valence electrons. The normalized spacial score (nSPS) is 15.8. The van der Waals surface area contributed by atoms with Gasteiger partial charge in [0.25, 0.3) is 0 Å². The number of hydrogen-bond donors (Lipinski definition) is 0. The Hall–Kier alpha value is -2.98. The van der Waals surface area contributed by atoms with Crippen molar-refractivity contribution in [2.45, 2.75) is 12.5 Å². The van der Waals surface area contributed by atoms with Crippen molar-refractivity contribution in [2.24, 2.45) is 0 Å². The summed E-state index contributed by atoms with van der Waals surface area (Å²) in [6.07, 6.45) is 0.463. The summed E-state index contributed by atoms with van der Waals surface area (Å²) in [7, 11) is 0. The van der Waals surface area contributed by atoms with Crippen LogP contribution in [0.4, 0.5) is 10.1 Å². The van der Waals surface area contributed by atoms with Crippen LogP contribution in [0.2, 0.25) is 0 Å². The van der Waals surface area contributed by atoms with Crippen LogP contribution in [0, 0.1) is 5.82 Å². The molecule has 1 aliphatic heterocycles. The Morgan fingerprint density at radius 3 is 2.00 bits per heavy atom. The van der Waals surface area contributed by atoms with Gasteiger partial charge in [0, 0.05) is 49.9 Å². The van der Waals surface area contributed by atoms with E-state index in [9.17, 15) is 9.18 Å². The molecule has 0 spiro atoms. The first-order valence-electron chi connectivity index (χ1n) is 10.1. The van der Waals surface area contributed by atoms with Gasteiger partial charge in [-0.2, -0.15) is 0 Å². The summed E-state index contributed by atoms with van der Waals surface area (Å²) in [4.78, 5) is 17.6. The third-order valence-electron chi connectivity index (χ3n) is 5.61. The monoisotopic (exact) mass is 388 g/mol. The standard InChI is InChI=1S/C25H25FN2O/c26-22-11-13-23(14-12-22)27-15-17-28(18-16-27)24(20-7-3-1-4-8-20)19-25(29)21-9-5-2-6-10-21/h1-14,24H,15-19H2/t24-/m1/s1. The van der Waals surface area contributed by atoms with E-state index in [4.69, 9.17) is 0 Å².